The summed E-state index contributed by atoms with van der Waals surface area (Å²) >= 11 is 0. The van der Waals surface area contributed by atoms with Crippen molar-refractivity contribution in [3.8, 4) is 0 Å². The Morgan fingerprint density at radius 2 is 1.41 bits per heavy atom. The van der Waals surface area contributed by atoms with Crippen LogP contribution in [-0.2, 0) is 14.3 Å². The van der Waals surface area contributed by atoms with Gasteiger partial charge in [-0.2, -0.15) is 0 Å². The average Bonchev–Trinajstić information content (AvgIpc) is 2.12. The highest BCUT2D eigenvalue weighted by atomic mass is 16.6. The predicted molar refractivity (Wildman–Crippen MR) is 67.4 cm³/mol. The zero-order valence-electron chi connectivity index (χ0n) is 11.3. The van der Waals surface area contributed by atoms with Crippen LogP contribution in [0, 0.1) is 0 Å². The maximum Gasteiger partial charge on any atom is 0.306 e. The van der Waals surface area contributed by atoms with Gasteiger partial charge >= 0.3 is 5.97 Å². The van der Waals surface area contributed by atoms with Crippen molar-refractivity contribution in [2.45, 2.75) is 71.3 Å². The van der Waals surface area contributed by atoms with Crippen LogP contribution in [0.4, 0.5) is 0 Å². The molecule has 0 aliphatic carbocycles. The van der Waals surface area contributed by atoms with Crippen LogP contribution in [0.25, 0.3) is 0 Å². The van der Waals surface area contributed by atoms with E-state index in [0.29, 0.717) is 12.8 Å². The Bertz CT molecular complexity index is 244. The molecule has 4 heteroatoms. The fraction of sp³-hybridized carbons (Fsp3) is 0.846. The van der Waals surface area contributed by atoms with E-state index >= 15 is 0 Å². The fourth-order valence-corrected chi connectivity index (χ4v) is 1.49. The van der Waals surface area contributed by atoms with Gasteiger partial charge < -0.3 is 10.5 Å². The minimum atomic E-state index is -0.390. The maximum atomic E-state index is 11.4. The lowest BCUT2D eigenvalue weighted by atomic mass is 10.1. The summed E-state index contributed by atoms with van der Waals surface area (Å²) in [6.45, 7) is 5.61. The molecule has 4 nitrogen and oxygen atoms in total. The third-order valence-electron chi connectivity index (χ3n) is 2.22. The number of ether oxygens (including phenoxy) is 1. The van der Waals surface area contributed by atoms with Crippen LogP contribution in [0.15, 0.2) is 0 Å². The lowest BCUT2D eigenvalue weighted by Gasteiger charge is -2.19. The Morgan fingerprint density at radius 3 is 1.88 bits per heavy atom. The first-order valence-corrected chi connectivity index (χ1v) is 6.31. The van der Waals surface area contributed by atoms with Crippen molar-refractivity contribution in [2.75, 3.05) is 0 Å². The first-order valence-electron chi connectivity index (χ1n) is 6.31. The summed E-state index contributed by atoms with van der Waals surface area (Å²) in [6.07, 6.45) is 5.68. The van der Waals surface area contributed by atoms with Crippen molar-refractivity contribution in [2.24, 2.45) is 5.73 Å². The van der Waals surface area contributed by atoms with Crippen LogP contribution in [0.3, 0.4) is 0 Å². The van der Waals surface area contributed by atoms with Crippen LogP contribution in [0.5, 0.6) is 0 Å². The highest BCUT2D eigenvalue weighted by Gasteiger charge is 2.15. The second kappa shape index (κ2) is 8.09. The molecule has 0 aromatic carbocycles. The molecule has 0 fully saturated rings. The number of rotatable bonds is 8. The molecule has 100 valence electrons. The molecule has 2 N–H and O–H groups in total. The number of carbonyl (C=O) groups is 2. The van der Waals surface area contributed by atoms with Crippen LogP contribution in [0.1, 0.15) is 65.7 Å². The van der Waals surface area contributed by atoms with Crippen LogP contribution in [-0.4, -0.2) is 17.5 Å². The highest BCUT2D eigenvalue weighted by molar-refractivity contribution is 5.73. The van der Waals surface area contributed by atoms with Crippen LogP contribution >= 0.6 is 0 Å². The lowest BCUT2D eigenvalue weighted by Crippen LogP contribution is -2.23. The Balaban J connectivity index is 3.34. The first-order chi connectivity index (χ1) is 7.81. The van der Waals surface area contributed by atoms with Gasteiger partial charge in [-0.3, -0.25) is 9.59 Å². The third-order valence-corrected chi connectivity index (χ3v) is 2.22. The van der Waals surface area contributed by atoms with Gasteiger partial charge in [0.2, 0.25) is 5.91 Å². The van der Waals surface area contributed by atoms with Gasteiger partial charge in [-0.15, -0.1) is 0 Å². The molecule has 0 aromatic rings. The largest absolute Gasteiger partial charge is 0.460 e. The van der Waals surface area contributed by atoms with Crippen molar-refractivity contribution >= 4 is 11.9 Å². The normalized spacial score (nSPS) is 11.2. The van der Waals surface area contributed by atoms with E-state index in [2.05, 4.69) is 0 Å². The molecule has 0 atom stereocenters. The Labute approximate surface area is 104 Å². The predicted octanol–water partition coefficient (Wildman–Crippen LogP) is 2.54. The van der Waals surface area contributed by atoms with Gasteiger partial charge in [0.1, 0.15) is 5.60 Å². The molecular formula is C13H25NO3. The van der Waals surface area contributed by atoms with Crippen molar-refractivity contribution in [1.29, 1.82) is 0 Å². The number of carbonyl (C=O) groups excluding carboxylic acids is 2. The minimum absolute atomic E-state index is 0.130. The number of amides is 1. The molecule has 0 rings (SSSR count). The second-order valence-corrected chi connectivity index (χ2v) is 5.32. The zero-order valence-corrected chi connectivity index (χ0v) is 11.3. The van der Waals surface area contributed by atoms with Gasteiger partial charge in [-0.25, -0.2) is 0 Å². The number of primary amides is 1. The summed E-state index contributed by atoms with van der Waals surface area (Å²) < 4.78 is 5.20. The molecule has 1 amide bonds. The van der Waals surface area contributed by atoms with E-state index in [1.54, 1.807) is 0 Å². The Hall–Kier alpha value is -1.06. The molecule has 0 aromatic heterocycles. The molecule has 0 saturated heterocycles. The summed E-state index contributed by atoms with van der Waals surface area (Å²) in [4.78, 5) is 21.8. The quantitative estimate of drug-likeness (QED) is 0.526. The van der Waals surface area contributed by atoms with Crippen LogP contribution < -0.4 is 5.73 Å². The molecule has 0 radical (unpaired) electrons. The third kappa shape index (κ3) is 12.9. The Morgan fingerprint density at radius 1 is 0.941 bits per heavy atom. The van der Waals surface area contributed by atoms with E-state index in [1.165, 1.54) is 0 Å². The van der Waals surface area contributed by atoms with Crippen molar-refractivity contribution in [3.05, 3.63) is 0 Å². The van der Waals surface area contributed by atoms with Crippen molar-refractivity contribution in [1.82, 2.24) is 0 Å². The molecule has 0 unspecified atom stereocenters. The summed E-state index contributed by atoms with van der Waals surface area (Å²) in [5.41, 5.74) is 4.64. The van der Waals surface area contributed by atoms with Gasteiger partial charge in [0.05, 0.1) is 0 Å². The smallest absolute Gasteiger partial charge is 0.306 e. The molecule has 17 heavy (non-hydrogen) atoms. The summed E-state index contributed by atoms with van der Waals surface area (Å²) in [5.74, 6) is -0.367. The first kappa shape index (κ1) is 15.9. The topological polar surface area (TPSA) is 69.4 Å². The van der Waals surface area contributed by atoms with E-state index in [9.17, 15) is 9.59 Å². The van der Waals surface area contributed by atoms with E-state index < -0.39 is 5.60 Å². The molecule has 0 aliphatic rings. The monoisotopic (exact) mass is 243 g/mol. The molecule has 0 heterocycles. The van der Waals surface area contributed by atoms with Crippen LogP contribution in [0.2, 0.25) is 0 Å². The number of nitrogens with two attached hydrogens (primary N) is 1. The summed E-state index contributed by atoms with van der Waals surface area (Å²) in [6, 6.07) is 0. The number of hydrogen-bond acceptors (Lipinski definition) is 3. The van der Waals surface area contributed by atoms with Gasteiger partial charge in [0.15, 0.2) is 0 Å². The molecule has 0 saturated carbocycles. The minimum Gasteiger partial charge on any atom is -0.460 e. The summed E-state index contributed by atoms with van der Waals surface area (Å²) in [7, 11) is 0. The number of esters is 1. The van der Waals surface area contributed by atoms with Crippen molar-refractivity contribution < 1.29 is 14.3 Å². The summed E-state index contributed by atoms with van der Waals surface area (Å²) in [5, 5.41) is 0. The molecular weight excluding hydrogens is 218 g/mol. The number of unbranched alkanes of at least 4 members (excludes halogenated alkanes) is 4. The standard InChI is InChI=1S/C13H25NO3/c1-13(2,3)17-12(16)10-8-6-4-5-7-9-11(14)15/h4-10H2,1-3H3,(H2,14,15). The van der Waals surface area contributed by atoms with E-state index in [0.717, 1.165) is 32.1 Å². The van der Waals surface area contributed by atoms with E-state index in [1.807, 2.05) is 20.8 Å². The second-order valence-electron chi connectivity index (χ2n) is 5.32. The highest BCUT2D eigenvalue weighted by Crippen LogP contribution is 2.11. The van der Waals surface area contributed by atoms with Gasteiger partial charge in [0.25, 0.3) is 0 Å². The zero-order chi connectivity index (χ0) is 13.3. The van der Waals surface area contributed by atoms with E-state index in [-0.39, 0.29) is 11.9 Å². The maximum absolute atomic E-state index is 11.4. The fourth-order valence-electron chi connectivity index (χ4n) is 1.49. The van der Waals surface area contributed by atoms with E-state index in [4.69, 9.17) is 10.5 Å². The van der Waals surface area contributed by atoms with Crippen molar-refractivity contribution in [3.63, 3.8) is 0 Å². The van der Waals surface area contributed by atoms with Gasteiger partial charge in [-0.05, 0) is 33.6 Å². The Kier molecular flexibility index (Phi) is 7.59. The lowest BCUT2D eigenvalue weighted by molar-refractivity contribution is -0.154. The van der Waals surface area contributed by atoms with Gasteiger partial charge in [-0.1, -0.05) is 19.3 Å². The molecule has 0 bridgehead atoms. The SMILES string of the molecule is CC(C)(C)OC(=O)CCCCCCCC(N)=O. The average molecular weight is 243 g/mol. The van der Waals surface area contributed by atoms with Gasteiger partial charge in [0, 0.05) is 12.8 Å². The number of hydrogen-bond donors (Lipinski definition) is 1. The molecule has 0 spiro atoms. The molecule has 0 aliphatic heterocycles.